The van der Waals surface area contributed by atoms with E-state index in [2.05, 4.69) is 0 Å². The normalized spacial score (nSPS) is 26.2. The number of benzene rings is 1. The van der Waals surface area contributed by atoms with Crippen LogP contribution in [-0.4, -0.2) is 12.5 Å². The summed E-state index contributed by atoms with van der Waals surface area (Å²) in [5.41, 5.74) is 1.90. The van der Waals surface area contributed by atoms with E-state index >= 15 is 0 Å². The fourth-order valence-corrected chi connectivity index (χ4v) is 2.27. The molecule has 80 valence electrons. The van der Waals surface area contributed by atoms with Crippen LogP contribution < -0.4 is 0 Å². The van der Waals surface area contributed by atoms with E-state index in [1.807, 2.05) is 18.2 Å². The average Bonchev–Trinajstić information content (AvgIpc) is 2.30. The summed E-state index contributed by atoms with van der Waals surface area (Å²) in [6.07, 6.45) is 3.39. The van der Waals surface area contributed by atoms with Crippen molar-refractivity contribution < 1.29 is 9.18 Å². The monoisotopic (exact) mass is 206 g/mol. The van der Waals surface area contributed by atoms with Crippen molar-refractivity contribution in [2.45, 2.75) is 37.8 Å². The van der Waals surface area contributed by atoms with Gasteiger partial charge in [0.2, 0.25) is 0 Å². The van der Waals surface area contributed by atoms with Gasteiger partial charge < -0.3 is 0 Å². The molecule has 15 heavy (non-hydrogen) atoms. The van der Waals surface area contributed by atoms with Crippen LogP contribution in [0, 0.1) is 0 Å². The SMILES string of the molecule is O=Cc1cccc(C2CCC(F)CC2)c1. The minimum atomic E-state index is -0.615. The fraction of sp³-hybridized carbons (Fsp3) is 0.462. The van der Waals surface area contributed by atoms with Crippen LogP contribution in [0.2, 0.25) is 0 Å². The molecule has 0 aliphatic heterocycles. The molecule has 0 atom stereocenters. The maximum absolute atomic E-state index is 13.0. The Bertz CT molecular complexity index is 340. The Morgan fingerprint density at radius 1 is 1.20 bits per heavy atom. The molecule has 0 heterocycles. The average molecular weight is 206 g/mol. The molecule has 1 saturated carbocycles. The second-order valence-electron chi connectivity index (χ2n) is 4.24. The second-order valence-corrected chi connectivity index (χ2v) is 4.24. The summed E-state index contributed by atoms with van der Waals surface area (Å²) in [7, 11) is 0. The quantitative estimate of drug-likeness (QED) is 0.677. The van der Waals surface area contributed by atoms with E-state index in [4.69, 9.17) is 0 Å². The second kappa shape index (κ2) is 4.56. The van der Waals surface area contributed by atoms with E-state index in [-0.39, 0.29) is 0 Å². The molecule has 1 nitrogen and oxygen atoms in total. The zero-order chi connectivity index (χ0) is 10.7. The van der Waals surface area contributed by atoms with Crippen molar-refractivity contribution in [3.8, 4) is 0 Å². The van der Waals surface area contributed by atoms with Gasteiger partial charge in [-0.1, -0.05) is 18.2 Å². The molecule has 0 amide bonds. The van der Waals surface area contributed by atoms with Crippen molar-refractivity contribution in [1.82, 2.24) is 0 Å². The Balaban J connectivity index is 2.11. The van der Waals surface area contributed by atoms with E-state index in [1.54, 1.807) is 6.07 Å². The molecule has 0 N–H and O–H groups in total. The van der Waals surface area contributed by atoms with E-state index in [0.29, 0.717) is 18.8 Å². The molecule has 1 fully saturated rings. The van der Waals surface area contributed by atoms with Crippen LogP contribution in [-0.2, 0) is 0 Å². The topological polar surface area (TPSA) is 17.1 Å². The first-order chi connectivity index (χ1) is 7.29. The molecule has 2 rings (SSSR count). The number of alkyl halides is 1. The first-order valence-electron chi connectivity index (χ1n) is 5.49. The molecule has 0 unspecified atom stereocenters. The maximum atomic E-state index is 13.0. The molecule has 0 radical (unpaired) electrons. The largest absolute Gasteiger partial charge is 0.298 e. The van der Waals surface area contributed by atoms with Crippen LogP contribution >= 0.6 is 0 Å². The van der Waals surface area contributed by atoms with Gasteiger partial charge in [-0.2, -0.15) is 0 Å². The summed E-state index contributed by atoms with van der Waals surface area (Å²) >= 11 is 0. The third kappa shape index (κ3) is 2.44. The summed E-state index contributed by atoms with van der Waals surface area (Å²) < 4.78 is 13.0. The molecule has 1 aliphatic rings. The molecule has 1 aromatic rings. The van der Waals surface area contributed by atoms with E-state index in [0.717, 1.165) is 24.7 Å². The van der Waals surface area contributed by atoms with Gasteiger partial charge in [0.25, 0.3) is 0 Å². The van der Waals surface area contributed by atoms with Crippen LogP contribution in [0.1, 0.15) is 47.5 Å². The molecule has 1 aromatic carbocycles. The highest BCUT2D eigenvalue weighted by Gasteiger charge is 2.21. The summed E-state index contributed by atoms with van der Waals surface area (Å²) in [6.45, 7) is 0. The third-order valence-electron chi connectivity index (χ3n) is 3.17. The number of carbonyl (C=O) groups is 1. The first kappa shape index (κ1) is 10.3. The Kier molecular flexibility index (Phi) is 3.14. The van der Waals surface area contributed by atoms with Crippen LogP contribution in [0.5, 0.6) is 0 Å². The summed E-state index contributed by atoms with van der Waals surface area (Å²) in [5.74, 6) is 0.442. The Hall–Kier alpha value is -1.18. The maximum Gasteiger partial charge on any atom is 0.150 e. The van der Waals surface area contributed by atoms with Gasteiger partial charge in [0.1, 0.15) is 12.5 Å². The van der Waals surface area contributed by atoms with Crippen molar-refractivity contribution >= 4 is 6.29 Å². The number of halogens is 1. The molecule has 1 aliphatic carbocycles. The van der Waals surface area contributed by atoms with Crippen molar-refractivity contribution in [1.29, 1.82) is 0 Å². The lowest BCUT2D eigenvalue weighted by molar-refractivity contribution is 0.112. The van der Waals surface area contributed by atoms with Crippen LogP contribution in [0.25, 0.3) is 0 Å². The Morgan fingerprint density at radius 3 is 2.60 bits per heavy atom. The molecule has 0 aromatic heterocycles. The number of aldehydes is 1. The van der Waals surface area contributed by atoms with Crippen molar-refractivity contribution in [2.75, 3.05) is 0 Å². The summed E-state index contributed by atoms with van der Waals surface area (Å²) in [4.78, 5) is 10.6. The Labute approximate surface area is 89.3 Å². The highest BCUT2D eigenvalue weighted by Crippen LogP contribution is 2.34. The van der Waals surface area contributed by atoms with Gasteiger partial charge in [-0.15, -0.1) is 0 Å². The van der Waals surface area contributed by atoms with Gasteiger partial charge in [-0.3, -0.25) is 4.79 Å². The molecule has 0 spiro atoms. The Morgan fingerprint density at radius 2 is 1.93 bits per heavy atom. The zero-order valence-electron chi connectivity index (χ0n) is 8.66. The van der Waals surface area contributed by atoms with Gasteiger partial charge in [0, 0.05) is 5.56 Å². The van der Waals surface area contributed by atoms with E-state index < -0.39 is 6.17 Å². The number of rotatable bonds is 2. The van der Waals surface area contributed by atoms with Gasteiger partial charge in [-0.25, -0.2) is 4.39 Å². The standard InChI is InChI=1S/C13H15FO/c14-13-6-4-11(5-7-13)12-3-1-2-10(8-12)9-15/h1-3,8-9,11,13H,4-7H2. The number of hydrogen-bond acceptors (Lipinski definition) is 1. The first-order valence-corrected chi connectivity index (χ1v) is 5.49. The van der Waals surface area contributed by atoms with Gasteiger partial charge in [0.15, 0.2) is 0 Å². The van der Waals surface area contributed by atoms with Crippen molar-refractivity contribution in [3.05, 3.63) is 35.4 Å². The highest BCUT2D eigenvalue weighted by molar-refractivity contribution is 5.75. The minimum Gasteiger partial charge on any atom is -0.298 e. The van der Waals surface area contributed by atoms with Gasteiger partial charge in [-0.05, 0) is 43.2 Å². The number of hydrogen-bond donors (Lipinski definition) is 0. The van der Waals surface area contributed by atoms with Gasteiger partial charge in [0.05, 0.1) is 0 Å². The third-order valence-corrected chi connectivity index (χ3v) is 3.17. The lowest BCUT2D eigenvalue weighted by Crippen LogP contribution is -2.13. The molecule has 0 saturated heterocycles. The predicted molar refractivity (Wildman–Crippen MR) is 57.9 cm³/mol. The molecule has 0 bridgehead atoms. The smallest absolute Gasteiger partial charge is 0.150 e. The predicted octanol–water partition coefficient (Wildman–Crippen LogP) is 3.49. The van der Waals surface area contributed by atoms with Crippen molar-refractivity contribution in [3.63, 3.8) is 0 Å². The van der Waals surface area contributed by atoms with E-state index in [1.165, 1.54) is 5.56 Å². The van der Waals surface area contributed by atoms with E-state index in [9.17, 15) is 9.18 Å². The lowest BCUT2D eigenvalue weighted by atomic mass is 9.83. The number of carbonyl (C=O) groups excluding carboxylic acids is 1. The fourth-order valence-electron chi connectivity index (χ4n) is 2.27. The molecular weight excluding hydrogens is 191 g/mol. The zero-order valence-corrected chi connectivity index (χ0v) is 8.66. The minimum absolute atomic E-state index is 0.442. The summed E-state index contributed by atoms with van der Waals surface area (Å²) in [6, 6.07) is 7.67. The van der Waals surface area contributed by atoms with Crippen LogP contribution in [0.4, 0.5) is 4.39 Å². The van der Waals surface area contributed by atoms with Gasteiger partial charge >= 0.3 is 0 Å². The molecule has 2 heteroatoms. The molecular formula is C13H15FO. The van der Waals surface area contributed by atoms with Crippen LogP contribution in [0.15, 0.2) is 24.3 Å². The summed E-state index contributed by atoms with van der Waals surface area (Å²) in [5, 5.41) is 0. The highest BCUT2D eigenvalue weighted by atomic mass is 19.1. The van der Waals surface area contributed by atoms with Crippen molar-refractivity contribution in [2.24, 2.45) is 0 Å². The van der Waals surface area contributed by atoms with Crippen LogP contribution in [0.3, 0.4) is 0 Å². The lowest BCUT2D eigenvalue weighted by Gasteiger charge is -2.24.